The number of rotatable bonds is 2. The van der Waals surface area contributed by atoms with Crippen LogP contribution < -0.4 is 5.73 Å². The number of hydrogen-bond donors (Lipinski definition) is 1. The maximum absolute atomic E-state index is 11.0. The fourth-order valence-corrected chi connectivity index (χ4v) is 1.35. The average Bonchev–Trinajstić information content (AvgIpc) is 2.68. The van der Waals surface area contributed by atoms with Gasteiger partial charge in [0.1, 0.15) is 0 Å². The van der Waals surface area contributed by atoms with Crippen molar-refractivity contribution in [1.82, 2.24) is 0 Å². The van der Waals surface area contributed by atoms with Crippen LogP contribution in [0.1, 0.15) is 17.5 Å². The Morgan fingerprint density at radius 1 is 1.20 bits per heavy atom. The molecule has 0 aliphatic heterocycles. The fraction of sp³-hybridized carbons (Fsp3) is 0.0833. The molecule has 15 heavy (non-hydrogen) atoms. The van der Waals surface area contributed by atoms with Crippen LogP contribution >= 0.6 is 0 Å². The number of carbonyl (C=O) groups excluding carboxylic acids is 1. The third kappa shape index (κ3) is 1.91. The van der Waals surface area contributed by atoms with Crippen molar-refractivity contribution >= 4 is 11.5 Å². The molecule has 2 N–H and O–H groups in total. The van der Waals surface area contributed by atoms with Gasteiger partial charge in [0.15, 0.2) is 11.5 Å². The highest BCUT2D eigenvalue weighted by atomic mass is 16.3. The molecule has 76 valence electrons. The summed E-state index contributed by atoms with van der Waals surface area (Å²) in [6.07, 6.45) is 1.57. The molecule has 2 aromatic rings. The largest absolute Gasteiger partial charge is 0.461 e. The van der Waals surface area contributed by atoms with E-state index in [2.05, 4.69) is 0 Å². The van der Waals surface area contributed by atoms with Crippen LogP contribution in [0.4, 0.5) is 5.69 Å². The molecule has 0 saturated heterocycles. The van der Waals surface area contributed by atoms with Crippen molar-refractivity contribution in [1.29, 1.82) is 0 Å². The second kappa shape index (κ2) is 3.61. The molecule has 3 nitrogen and oxygen atoms in total. The molecule has 0 spiro atoms. The van der Waals surface area contributed by atoms with Gasteiger partial charge in [0, 0.05) is 18.2 Å². The normalized spacial score (nSPS) is 10.2. The second-order valence-corrected chi connectivity index (χ2v) is 3.38. The van der Waals surface area contributed by atoms with Crippen LogP contribution in [-0.4, -0.2) is 5.78 Å². The number of furan rings is 1. The van der Waals surface area contributed by atoms with Crippen molar-refractivity contribution in [3.8, 4) is 11.1 Å². The molecule has 0 amide bonds. The fourth-order valence-electron chi connectivity index (χ4n) is 1.35. The predicted molar refractivity (Wildman–Crippen MR) is 58.6 cm³/mol. The van der Waals surface area contributed by atoms with E-state index in [1.54, 1.807) is 12.3 Å². The quantitative estimate of drug-likeness (QED) is 0.600. The Morgan fingerprint density at radius 3 is 2.40 bits per heavy atom. The Morgan fingerprint density at radius 2 is 1.87 bits per heavy atom. The van der Waals surface area contributed by atoms with Crippen molar-refractivity contribution < 1.29 is 9.21 Å². The van der Waals surface area contributed by atoms with Crippen molar-refractivity contribution in [2.75, 3.05) is 5.73 Å². The minimum Gasteiger partial charge on any atom is -0.461 e. The Balaban J connectivity index is 2.37. The van der Waals surface area contributed by atoms with Gasteiger partial charge in [-0.1, -0.05) is 12.1 Å². The van der Waals surface area contributed by atoms with Gasteiger partial charge in [-0.05, 0) is 23.8 Å². The van der Waals surface area contributed by atoms with Crippen LogP contribution in [0.3, 0.4) is 0 Å². The van der Waals surface area contributed by atoms with E-state index < -0.39 is 0 Å². The van der Waals surface area contributed by atoms with Gasteiger partial charge >= 0.3 is 0 Å². The highest BCUT2D eigenvalue weighted by Gasteiger charge is 2.07. The lowest BCUT2D eigenvalue weighted by atomic mass is 10.1. The first-order valence-corrected chi connectivity index (χ1v) is 4.62. The molecular weight excluding hydrogens is 190 g/mol. The first kappa shape index (κ1) is 9.52. The number of ketones is 1. The van der Waals surface area contributed by atoms with Gasteiger partial charge in [0.05, 0.1) is 6.26 Å². The van der Waals surface area contributed by atoms with Crippen molar-refractivity contribution in [2.24, 2.45) is 0 Å². The molecule has 1 aromatic heterocycles. The molecule has 3 heteroatoms. The molecule has 0 fully saturated rings. The van der Waals surface area contributed by atoms with Crippen LogP contribution in [0.25, 0.3) is 11.1 Å². The Kier molecular flexibility index (Phi) is 2.29. The highest BCUT2D eigenvalue weighted by molar-refractivity contribution is 5.92. The number of carbonyl (C=O) groups is 1. The molecule has 0 atom stereocenters. The van der Waals surface area contributed by atoms with E-state index in [9.17, 15) is 4.79 Å². The van der Waals surface area contributed by atoms with Gasteiger partial charge in [0.25, 0.3) is 0 Å². The van der Waals surface area contributed by atoms with Crippen LogP contribution in [-0.2, 0) is 0 Å². The van der Waals surface area contributed by atoms with E-state index in [4.69, 9.17) is 10.2 Å². The summed E-state index contributed by atoms with van der Waals surface area (Å²) in [6.45, 7) is 1.48. The first-order chi connectivity index (χ1) is 7.16. The average molecular weight is 201 g/mol. The van der Waals surface area contributed by atoms with Crippen molar-refractivity contribution in [3.63, 3.8) is 0 Å². The maximum Gasteiger partial charge on any atom is 0.194 e. The second-order valence-electron chi connectivity index (χ2n) is 3.38. The first-order valence-electron chi connectivity index (χ1n) is 4.62. The number of benzene rings is 1. The van der Waals surface area contributed by atoms with Crippen molar-refractivity contribution in [3.05, 3.63) is 42.4 Å². The van der Waals surface area contributed by atoms with E-state index in [1.807, 2.05) is 24.3 Å². The Bertz CT molecular complexity index is 483. The van der Waals surface area contributed by atoms with Gasteiger partial charge < -0.3 is 10.2 Å². The number of Topliss-reactive ketones (excluding diaryl/α,β-unsaturated/α-hetero) is 1. The summed E-state index contributed by atoms with van der Waals surface area (Å²) in [6, 6.07) is 9.15. The van der Waals surface area contributed by atoms with Gasteiger partial charge in [-0.2, -0.15) is 0 Å². The molecule has 0 saturated carbocycles. The number of nitrogens with two attached hydrogens (primary N) is 1. The van der Waals surface area contributed by atoms with Crippen LogP contribution in [0.2, 0.25) is 0 Å². The topological polar surface area (TPSA) is 56.2 Å². The lowest BCUT2D eigenvalue weighted by molar-refractivity contribution is 0.0987. The lowest BCUT2D eigenvalue weighted by Crippen LogP contribution is -1.86. The summed E-state index contributed by atoms with van der Waals surface area (Å²) < 4.78 is 5.13. The molecule has 0 aliphatic carbocycles. The monoisotopic (exact) mass is 201 g/mol. The smallest absolute Gasteiger partial charge is 0.194 e. The predicted octanol–water partition coefficient (Wildman–Crippen LogP) is 2.73. The van der Waals surface area contributed by atoms with Crippen LogP contribution in [0, 0.1) is 0 Å². The van der Waals surface area contributed by atoms with Crippen molar-refractivity contribution in [2.45, 2.75) is 6.92 Å². The van der Waals surface area contributed by atoms with Crippen LogP contribution in [0.15, 0.2) is 41.0 Å². The molecule has 1 heterocycles. The molecular formula is C12H11NO2. The van der Waals surface area contributed by atoms with E-state index in [0.29, 0.717) is 11.4 Å². The van der Waals surface area contributed by atoms with E-state index in [-0.39, 0.29) is 5.78 Å². The van der Waals surface area contributed by atoms with Gasteiger partial charge in [-0.25, -0.2) is 0 Å². The number of nitrogen functional groups attached to an aromatic ring is 1. The van der Waals surface area contributed by atoms with Gasteiger partial charge in [-0.3, -0.25) is 4.79 Å². The summed E-state index contributed by atoms with van der Waals surface area (Å²) in [5.74, 6) is 0.304. The molecule has 1 aromatic carbocycles. The number of hydrogen-bond acceptors (Lipinski definition) is 3. The van der Waals surface area contributed by atoms with Gasteiger partial charge in [0.2, 0.25) is 0 Å². The number of anilines is 1. The summed E-state index contributed by atoms with van der Waals surface area (Å²) in [5.41, 5.74) is 8.17. The molecule has 0 unspecified atom stereocenters. The summed E-state index contributed by atoms with van der Waals surface area (Å²) in [7, 11) is 0. The Hall–Kier alpha value is -2.03. The molecule has 0 bridgehead atoms. The Labute approximate surface area is 87.5 Å². The zero-order valence-corrected chi connectivity index (χ0v) is 8.36. The van der Waals surface area contributed by atoms with Crippen LogP contribution in [0.5, 0.6) is 0 Å². The summed E-state index contributed by atoms with van der Waals surface area (Å²) in [4.78, 5) is 11.0. The summed E-state index contributed by atoms with van der Waals surface area (Å²) in [5, 5.41) is 0. The third-order valence-corrected chi connectivity index (χ3v) is 2.19. The lowest BCUT2D eigenvalue weighted by Gasteiger charge is -1.96. The highest BCUT2D eigenvalue weighted by Crippen LogP contribution is 2.23. The zero-order valence-electron chi connectivity index (χ0n) is 8.36. The standard InChI is InChI=1S/C12H11NO2/c1-8(14)12-6-10(7-15-12)9-2-4-11(13)5-3-9/h2-7H,13H2,1H3. The van der Waals surface area contributed by atoms with E-state index in [0.717, 1.165) is 11.1 Å². The SMILES string of the molecule is CC(=O)c1cc(-c2ccc(N)cc2)co1. The minimum absolute atomic E-state index is 0.0725. The molecule has 0 aliphatic rings. The third-order valence-electron chi connectivity index (χ3n) is 2.19. The van der Waals surface area contributed by atoms with E-state index in [1.165, 1.54) is 6.92 Å². The van der Waals surface area contributed by atoms with Gasteiger partial charge in [-0.15, -0.1) is 0 Å². The maximum atomic E-state index is 11.0. The molecule has 2 rings (SSSR count). The zero-order chi connectivity index (χ0) is 10.8. The minimum atomic E-state index is -0.0725. The summed E-state index contributed by atoms with van der Waals surface area (Å²) >= 11 is 0. The molecule has 0 radical (unpaired) electrons. The van der Waals surface area contributed by atoms with E-state index >= 15 is 0 Å².